The summed E-state index contributed by atoms with van der Waals surface area (Å²) in [7, 11) is 0. The van der Waals surface area contributed by atoms with E-state index in [-0.39, 0.29) is 0 Å². The van der Waals surface area contributed by atoms with Gasteiger partial charge in [0.1, 0.15) is 0 Å². The molecule has 0 aliphatic heterocycles. The molecule has 0 aliphatic rings. The number of rotatable bonds is 2. The van der Waals surface area contributed by atoms with Gasteiger partial charge in [-0.25, -0.2) is 0 Å². The molecule has 4 nitrogen and oxygen atoms in total. The topological polar surface area (TPSA) is 48.1 Å². The van der Waals surface area contributed by atoms with Crippen LogP contribution in [0.3, 0.4) is 0 Å². The predicted molar refractivity (Wildman–Crippen MR) is 101 cm³/mol. The Balaban J connectivity index is 1.81. The minimum absolute atomic E-state index is 0.385. The number of aryl methyl sites for hydroxylation is 1. The summed E-state index contributed by atoms with van der Waals surface area (Å²) < 4.78 is 0. The Kier molecular flexibility index (Phi) is 5.94. The summed E-state index contributed by atoms with van der Waals surface area (Å²) in [4.78, 5) is 0. The molecule has 2 aromatic rings. The lowest BCUT2D eigenvalue weighted by atomic mass is 10.2. The second kappa shape index (κ2) is 7.93. The quantitative estimate of drug-likeness (QED) is 0.488. The molecule has 0 fully saturated rings. The van der Waals surface area contributed by atoms with Crippen molar-refractivity contribution in [1.29, 1.82) is 0 Å². The second-order valence-electron chi connectivity index (χ2n) is 4.48. The molecule has 0 amide bonds. The largest absolute Gasteiger partial charge is 0.331 e. The number of benzene rings is 2. The van der Waals surface area contributed by atoms with E-state index in [1.807, 2.05) is 43.3 Å². The Morgan fingerprint density at radius 3 is 2.27 bits per heavy atom. The molecule has 0 bridgehead atoms. The maximum absolute atomic E-state index is 5.91. The lowest BCUT2D eigenvalue weighted by molar-refractivity contribution is 0.885. The number of nitrogens with one attached hydrogen (secondary N) is 4. The number of hydrazine groups is 1. The number of para-hydroxylation sites is 1. The molecule has 0 saturated carbocycles. The second-order valence-corrected chi connectivity index (χ2v) is 5.74. The van der Waals surface area contributed by atoms with Gasteiger partial charge in [-0.1, -0.05) is 35.9 Å². The Labute approximate surface area is 145 Å². The van der Waals surface area contributed by atoms with Crippen LogP contribution in [0.4, 0.5) is 11.4 Å². The fourth-order valence-corrected chi connectivity index (χ4v) is 2.23. The standard InChI is InChI=1S/C15H15ClN4S2/c1-10-5-2-3-8-13(10)18-15(22)20-19-14(21)17-12-7-4-6-11(16)9-12/h2-9H,1H3,(H2,17,19,21)(H2,18,20,22). The predicted octanol–water partition coefficient (Wildman–Crippen LogP) is 3.84. The van der Waals surface area contributed by atoms with Gasteiger partial charge < -0.3 is 10.6 Å². The Bertz CT molecular complexity index is 691. The van der Waals surface area contributed by atoms with Crippen molar-refractivity contribution in [2.24, 2.45) is 0 Å². The van der Waals surface area contributed by atoms with Gasteiger partial charge in [-0.05, 0) is 61.2 Å². The van der Waals surface area contributed by atoms with E-state index >= 15 is 0 Å². The van der Waals surface area contributed by atoms with Crippen LogP contribution in [0.1, 0.15) is 5.56 Å². The lowest BCUT2D eigenvalue weighted by Crippen LogP contribution is -2.45. The van der Waals surface area contributed by atoms with Crippen molar-refractivity contribution in [3.8, 4) is 0 Å². The average molecular weight is 351 g/mol. The van der Waals surface area contributed by atoms with Gasteiger partial charge in [0.05, 0.1) is 0 Å². The van der Waals surface area contributed by atoms with Crippen LogP contribution in [-0.2, 0) is 0 Å². The van der Waals surface area contributed by atoms with Gasteiger partial charge in [-0.15, -0.1) is 0 Å². The first-order valence-electron chi connectivity index (χ1n) is 6.50. The highest BCUT2D eigenvalue weighted by Gasteiger charge is 2.02. The summed E-state index contributed by atoms with van der Waals surface area (Å²) in [6, 6.07) is 15.1. The van der Waals surface area contributed by atoms with Crippen LogP contribution < -0.4 is 21.5 Å². The van der Waals surface area contributed by atoms with Crippen molar-refractivity contribution >= 4 is 57.6 Å². The van der Waals surface area contributed by atoms with E-state index in [0.29, 0.717) is 15.2 Å². The summed E-state index contributed by atoms with van der Waals surface area (Å²) in [6.45, 7) is 2.00. The number of anilines is 2. The van der Waals surface area contributed by atoms with E-state index in [1.54, 1.807) is 12.1 Å². The molecule has 0 aliphatic carbocycles. The monoisotopic (exact) mass is 350 g/mol. The van der Waals surface area contributed by atoms with Crippen molar-refractivity contribution in [3.05, 3.63) is 59.1 Å². The number of thiocarbonyl (C=S) groups is 2. The smallest absolute Gasteiger partial charge is 0.189 e. The van der Waals surface area contributed by atoms with E-state index in [1.165, 1.54) is 0 Å². The summed E-state index contributed by atoms with van der Waals surface area (Å²) >= 11 is 16.3. The molecule has 0 unspecified atom stereocenters. The molecule has 0 saturated heterocycles. The van der Waals surface area contributed by atoms with Crippen LogP contribution in [0.5, 0.6) is 0 Å². The number of halogens is 1. The van der Waals surface area contributed by atoms with Crippen LogP contribution in [0.25, 0.3) is 0 Å². The molecule has 0 aromatic heterocycles. The zero-order valence-electron chi connectivity index (χ0n) is 11.8. The average Bonchev–Trinajstić information content (AvgIpc) is 2.48. The highest BCUT2D eigenvalue weighted by Crippen LogP contribution is 2.14. The Hall–Kier alpha value is -1.89. The highest BCUT2D eigenvalue weighted by atomic mass is 35.5. The molecule has 0 atom stereocenters. The zero-order valence-corrected chi connectivity index (χ0v) is 14.2. The molecule has 4 N–H and O–H groups in total. The van der Waals surface area contributed by atoms with Gasteiger partial charge in [-0.2, -0.15) is 0 Å². The third-order valence-electron chi connectivity index (χ3n) is 2.77. The van der Waals surface area contributed by atoms with E-state index in [4.69, 9.17) is 36.0 Å². The lowest BCUT2D eigenvalue weighted by Gasteiger charge is -2.15. The molecule has 0 spiro atoms. The van der Waals surface area contributed by atoms with Crippen LogP contribution in [0.15, 0.2) is 48.5 Å². The van der Waals surface area contributed by atoms with Gasteiger partial charge in [0, 0.05) is 16.4 Å². The van der Waals surface area contributed by atoms with Crippen LogP contribution in [0.2, 0.25) is 5.02 Å². The molecule has 2 rings (SSSR count). The fraction of sp³-hybridized carbons (Fsp3) is 0.0667. The Morgan fingerprint density at radius 2 is 1.59 bits per heavy atom. The third-order valence-corrected chi connectivity index (χ3v) is 3.41. The summed E-state index contributed by atoms with van der Waals surface area (Å²) in [5.41, 5.74) is 8.48. The third kappa shape index (κ3) is 5.14. The van der Waals surface area contributed by atoms with Gasteiger partial charge in [-0.3, -0.25) is 10.9 Å². The number of hydrogen-bond acceptors (Lipinski definition) is 2. The van der Waals surface area contributed by atoms with Crippen molar-refractivity contribution in [2.75, 3.05) is 10.6 Å². The molecule has 0 radical (unpaired) electrons. The van der Waals surface area contributed by atoms with Crippen LogP contribution >= 0.6 is 36.0 Å². The van der Waals surface area contributed by atoms with Crippen LogP contribution in [0, 0.1) is 6.92 Å². The van der Waals surface area contributed by atoms with Gasteiger partial charge in [0.25, 0.3) is 0 Å². The molecule has 114 valence electrons. The van der Waals surface area contributed by atoms with Crippen molar-refractivity contribution in [1.82, 2.24) is 10.9 Å². The van der Waals surface area contributed by atoms with Crippen LogP contribution in [-0.4, -0.2) is 10.2 Å². The number of hydrogen-bond donors (Lipinski definition) is 4. The molecule has 22 heavy (non-hydrogen) atoms. The molecule has 7 heteroatoms. The first-order chi connectivity index (χ1) is 10.5. The first kappa shape index (κ1) is 16.5. The highest BCUT2D eigenvalue weighted by molar-refractivity contribution is 7.81. The summed E-state index contributed by atoms with van der Waals surface area (Å²) in [5, 5.41) is 7.53. The van der Waals surface area contributed by atoms with Gasteiger partial charge >= 0.3 is 0 Å². The fourth-order valence-electron chi connectivity index (χ4n) is 1.71. The maximum Gasteiger partial charge on any atom is 0.189 e. The Morgan fingerprint density at radius 1 is 0.909 bits per heavy atom. The molecular formula is C15H15ClN4S2. The van der Waals surface area contributed by atoms with E-state index in [9.17, 15) is 0 Å². The van der Waals surface area contributed by atoms with E-state index in [0.717, 1.165) is 16.9 Å². The SMILES string of the molecule is Cc1ccccc1NC(=S)NNC(=S)Nc1cccc(Cl)c1. The maximum atomic E-state index is 5.91. The van der Waals surface area contributed by atoms with Crippen molar-refractivity contribution in [3.63, 3.8) is 0 Å². The molecular weight excluding hydrogens is 336 g/mol. The molecule has 2 aromatic carbocycles. The van der Waals surface area contributed by atoms with Crippen molar-refractivity contribution in [2.45, 2.75) is 6.92 Å². The summed E-state index contributed by atoms with van der Waals surface area (Å²) in [5.74, 6) is 0. The minimum Gasteiger partial charge on any atom is -0.331 e. The normalized spacial score (nSPS) is 9.73. The van der Waals surface area contributed by atoms with Gasteiger partial charge in [0.2, 0.25) is 0 Å². The zero-order chi connectivity index (χ0) is 15.9. The minimum atomic E-state index is 0.385. The molecule has 0 heterocycles. The van der Waals surface area contributed by atoms with Gasteiger partial charge in [0.15, 0.2) is 10.2 Å². The van der Waals surface area contributed by atoms with E-state index in [2.05, 4.69) is 21.5 Å². The first-order valence-corrected chi connectivity index (χ1v) is 7.69. The van der Waals surface area contributed by atoms with Crippen molar-refractivity contribution < 1.29 is 0 Å². The van der Waals surface area contributed by atoms with E-state index < -0.39 is 0 Å². The summed E-state index contributed by atoms with van der Waals surface area (Å²) in [6.07, 6.45) is 0.